The molecule has 0 N–H and O–H groups in total. The summed E-state index contributed by atoms with van der Waals surface area (Å²) in [7, 11) is 0. The molecule has 2 fully saturated rings. The van der Waals surface area contributed by atoms with Crippen molar-refractivity contribution in [3.63, 3.8) is 0 Å². The van der Waals surface area contributed by atoms with Crippen molar-refractivity contribution in [1.82, 2.24) is 20.0 Å². The molecular formula is C14H16N4O3S. The van der Waals surface area contributed by atoms with Crippen molar-refractivity contribution in [1.29, 1.82) is 0 Å². The molecule has 2 aromatic rings. The molecule has 2 aliphatic heterocycles. The molecule has 0 aromatic carbocycles. The van der Waals surface area contributed by atoms with Crippen LogP contribution in [0.4, 0.5) is 0 Å². The van der Waals surface area contributed by atoms with Crippen molar-refractivity contribution in [2.24, 2.45) is 5.92 Å². The van der Waals surface area contributed by atoms with Gasteiger partial charge in [-0.1, -0.05) is 5.16 Å². The summed E-state index contributed by atoms with van der Waals surface area (Å²) in [6, 6.07) is 0. The highest BCUT2D eigenvalue weighted by Gasteiger charge is 2.42. The Morgan fingerprint density at radius 3 is 3.14 bits per heavy atom. The minimum Gasteiger partial charge on any atom is -0.365 e. The Bertz CT molecular complexity index is 671. The van der Waals surface area contributed by atoms with E-state index in [9.17, 15) is 4.79 Å². The Balaban J connectivity index is 1.44. The van der Waals surface area contributed by atoms with Gasteiger partial charge in [0.1, 0.15) is 11.8 Å². The van der Waals surface area contributed by atoms with Crippen LogP contribution in [0.25, 0.3) is 0 Å². The van der Waals surface area contributed by atoms with Crippen LogP contribution in [0.3, 0.4) is 0 Å². The van der Waals surface area contributed by atoms with Gasteiger partial charge in [0.15, 0.2) is 0 Å². The molecule has 3 atom stereocenters. The van der Waals surface area contributed by atoms with Crippen LogP contribution in [0, 0.1) is 12.8 Å². The van der Waals surface area contributed by atoms with E-state index in [0.717, 1.165) is 19.4 Å². The third-order valence-electron chi connectivity index (χ3n) is 4.32. The second kappa shape index (κ2) is 5.44. The van der Waals surface area contributed by atoms with Gasteiger partial charge < -0.3 is 14.2 Å². The van der Waals surface area contributed by atoms with Gasteiger partial charge in [-0.3, -0.25) is 4.79 Å². The fourth-order valence-corrected chi connectivity index (χ4v) is 3.73. The number of thiazole rings is 1. The predicted octanol–water partition coefficient (Wildman–Crippen LogP) is 1.83. The first-order valence-electron chi connectivity index (χ1n) is 7.34. The molecule has 0 unspecified atom stereocenters. The number of hydrogen-bond donors (Lipinski definition) is 0. The number of amides is 1. The molecule has 0 bridgehead atoms. The van der Waals surface area contributed by atoms with Gasteiger partial charge in [-0.15, -0.1) is 11.3 Å². The lowest BCUT2D eigenvalue weighted by atomic mass is 9.91. The first-order chi connectivity index (χ1) is 10.7. The van der Waals surface area contributed by atoms with Crippen LogP contribution in [-0.2, 0) is 4.74 Å². The number of nitrogens with zero attached hydrogens (tertiary/aromatic N) is 4. The minimum absolute atomic E-state index is 0.0119. The van der Waals surface area contributed by atoms with E-state index in [2.05, 4.69) is 15.1 Å². The summed E-state index contributed by atoms with van der Waals surface area (Å²) < 4.78 is 11.1. The number of piperidine rings is 1. The van der Waals surface area contributed by atoms with E-state index in [-0.39, 0.29) is 18.1 Å². The molecule has 1 amide bonds. The fraction of sp³-hybridized carbons (Fsp3) is 0.571. The number of likely N-dealkylation sites (tertiary alicyclic amines) is 1. The average Bonchev–Trinajstić information content (AvgIpc) is 3.25. The van der Waals surface area contributed by atoms with Crippen LogP contribution in [0.2, 0.25) is 0 Å². The molecule has 2 aliphatic rings. The lowest BCUT2D eigenvalue weighted by Gasteiger charge is -2.33. The van der Waals surface area contributed by atoms with Gasteiger partial charge in [0.2, 0.25) is 11.7 Å². The van der Waals surface area contributed by atoms with Gasteiger partial charge in [0, 0.05) is 25.4 Å². The van der Waals surface area contributed by atoms with Crippen LogP contribution < -0.4 is 0 Å². The number of fused-ring (bicyclic) bond motifs is 1. The highest BCUT2D eigenvalue weighted by atomic mass is 32.1. The molecule has 116 valence electrons. The summed E-state index contributed by atoms with van der Waals surface area (Å²) in [6.45, 7) is 3.12. The number of hydrogen-bond acceptors (Lipinski definition) is 7. The molecule has 0 saturated carbocycles. The molecule has 4 rings (SSSR count). The van der Waals surface area contributed by atoms with Crippen LogP contribution in [0.15, 0.2) is 15.4 Å². The zero-order valence-electron chi connectivity index (χ0n) is 12.1. The maximum absolute atomic E-state index is 12.4. The number of aromatic nitrogens is 3. The van der Waals surface area contributed by atoms with E-state index in [0.29, 0.717) is 29.9 Å². The van der Waals surface area contributed by atoms with Gasteiger partial charge >= 0.3 is 0 Å². The van der Waals surface area contributed by atoms with E-state index in [1.807, 2.05) is 4.90 Å². The predicted molar refractivity (Wildman–Crippen MR) is 77.4 cm³/mol. The van der Waals surface area contributed by atoms with Crippen molar-refractivity contribution in [2.45, 2.75) is 32.0 Å². The Morgan fingerprint density at radius 1 is 1.50 bits per heavy atom. The molecule has 4 heterocycles. The summed E-state index contributed by atoms with van der Waals surface area (Å²) in [5.74, 6) is 1.60. The molecule has 2 saturated heterocycles. The highest BCUT2D eigenvalue weighted by Crippen LogP contribution is 2.40. The second-order valence-corrected chi connectivity index (χ2v) is 6.46. The monoisotopic (exact) mass is 320 g/mol. The Labute approximate surface area is 131 Å². The van der Waals surface area contributed by atoms with E-state index < -0.39 is 0 Å². The molecule has 2 aromatic heterocycles. The maximum atomic E-state index is 12.4. The van der Waals surface area contributed by atoms with Gasteiger partial charge in [0.05, 0.1) is 11.6 Å². The number of aryl methyl sites for hydroxylation is 1. The summed E-state index contributed by atoms with van der Waals surface area (Å²) >= 11 is 1.43. The maximum Gasteiger partial charge on any atom is 0.273 e. The van der Waals surface area contributed by atoms with E-state index in [1.165, 1.54) is 11.3 Å². The molecule has 22 heavy (non-hydrogen) atoms. The van der Waals surface area contributed by atoms with Crippen molar-refractivity contribution < 1.29 is 14.1 Å². The van der Waals surface area contributed by atoms with Crippen molar-refractivity contribution in [3.8, 4) is 0 Å². The van der Waals surface area contributed by atoms with Gasteiger partial charge in [-0.25, -0.2) is 4.98 Å². The quantitative estimate of drug-likeness (QED) is 0.839. The number of rotatable bonds is 2. The molecular weight excluding hydrogens is 304 g/mol. The van der Waals surface area contributed by atoms with Crippen molar-refractivity contribution in [3.05, 3.63) is 28.3 Å². The molecule has 7 nitrogen and oxygen atoms in total. The van der Waals surface area contributed by atoms with Crippen LogP contribution in [-0.4, -0.2) is 45.1 Å². The van der Waals surface area contributed by atoms with Gasteiger partial charge in [-0.05, 0) is 18.8 Å². The van der Waals surface area contributed by atoms with Crippen LogP contribution in [0.5, 0.6) is 0 Å². The van der Waals surface area contributed by atoms with E-state index in [4.69, 9.17) is 9.26 Å². The molecule has 8 heteroatoms. The first-order valence-corrected chi connectivity index (χ1v) is 8.28. The third kappa shape index (κ3) is 2.42. The Kier molecular flexibility index (Phi) is 3.42. The lowest BCUT2D eigenvalue weighted by molar-refractivity contribution is -0.00760. The third-order valence-corrected chi connectivity index (χ3v) is 4.91. The Hall–Kier alpha value is -1.80. The number of ether oxygens (including phenoxy) is 1. The van der Waals surface area contributed by atoms with Gasteiger partial charge in [-0.2, -0.15) is 4.98 Å². The summed E-state index contributed by atoms with van der Waals surface area (Å²) in [4.78, 5) is 22.6. The van der Waals surface area contributed by atoms with Gasteiger partial charge in [0.25, 0.3) is 5.91 Å². The molecule has 0 radical (unpaired) electrons. The standard InChI is InChI=1S/C14H16N4O3S/c1-8-16-13(17-21-8)11-4-9-2-3-18(5-12(9)20-11)14(19)10-6-22-7-15-10/h6-7,9,11-12H,2-5H2,1H3/t9-,11+,12+/m1/s1. The van der Waals surface area contributed by atoms with E-state index in [1.54, 1.807) is 17.8 Å². The van der Waals surface area contributed by atoms with Crippen molar-refractivity contribution >= 4 is 17.2 Å². The van der Waals surface area contributed by atoms with Crippen LogP contribution in [0.1, 0.15) is 41.1 Å². The molecule has 0 aliphatic carbocycles. The minimum atomic E-state index is -0.123. The largest absolute Gasteiger partial charge is 0.365 e. The zero-order chi connectivity index (χ0) is 15.1. The highest BCUT2D eigenvalue weighted by molar-refractivity contribution is 7.07. The smallest absolute Gasteiger partial charge is 0.273 e. The number of carbonyl (C=O) groups excluding carboxylic acids is 1. The Morgan fingerprint density at radius 2 is 2.41 bits per heavy atom. The number of carbonyl (C=O) groups is 1. The summed E-state index contributed by atoms with van der Waals surface area (Å²) in [5, 5.41) is 5.74. The fourth-order valence-electron chi connectivity index (χ4n) is 3.21. The SMILES string of the molecule is Cc1nc([C@@H]2C[C@H]3CCN(C(=O)c4cscn4)C[C@@H]3O2)no1. The normalized spacial score (nSPS) is 27.9. The van der Waals surface area contributed by atoms with E-state index >= 15 is 0 Å². The van der Waals surface area contributed by atoms with Crippen LogP contribution >= 0.6 is 11.3 Å². The topological polar surface area (TPSA) is 81.4 Å². The summed E-state index contributed by atoms with van der Waals surface area (Å²) in [5.41, 5.74) is 2.20. The first kappa shape index (κ1) is 13.8. The zero-order valence-corrected chi connectivity index (χ0v) is 13.0. The second-order valence-electron chi connectivity index (χ2n) is 5.74. The molecule has 0 spiro atoms. The average molecular weight is 320 g/mol. The lowest BCUT2D eigenvalue weighted by Crippen LogP contribution is -2.45. The summed E-state index contributed by atoms with van der Waals surface area (Å²) in [6.07, 6.45) is 1.75. The van der Waals surface area contributed by atoms with Crippen molar-refractivity contribution in [2.75, 3.05) is 13.1 Å².